The van der Waals surface area contributed by atoms with Crippen molar-refractivity contribution >= 4 is 56.6 Å². The first-order chi connectivity index (χ1) is 7.11. The number of benzene rings is 1. The largest absolute Gasteiger partial charge is 0.288 e. The van der Waals surface area contributed by atoms with Gasteiger partial charge in [-0.2, -0.15) is 5.10 Å². The molecule has 0 aliphatic rings. The fraction of sp³-hybridized carbons (Fsp3) is 0. The van der Waals surface area contributed by atoms with E-state index in [2.05, 4.69) is 27.1 Å². The van der Waals surface area contributed by atoms with Gasteiger partial charge < -0.3 is 0 Å². The van der Waals surface area contributed by atoms with E-state index < -0.39 is 4.92 Å². The van der Waals surface area contributed by atoms with Crippen LogP contribution in [0.25, 0.3) is 10.9 Å². The van der Waals surface area contributed by atoms with Gasteiger partial charge in [-0.3, -0.25) is 10.1 Å². The Labute approximate surface area is 104 Å². The molecule has 5 nitrogen and oxygen atoms in total. The molecule has 15 heavy (non-hydrogen) atoms. The molecule has 2 rings (SSSR count). The van der Waals surface area contributed by atoms with E-state index in [1.807, 2.05) is 0 Å². The maximum atomic E-state index is 10.6. The smallest absolute Gasteiger partial charge is 0.258 e. The lowest BCUT2D eigenvalue weighted by molar-refractivity contribution is -0.384. The van der Waals surface area contributed by atoms with E-state index in [-0.39, 0.29) is 10.7 Å². The van der Waals surface area contributed by atoms with E-state index in [1.165, 1.54) is 12.1 Å². The quantitative estimate of drug-likeness (QED) is 0.359. The number of halogens is 2. The fourth-order valence-corrected chi connectivity index (χ4v) is 2.52. The molecule has 0 N–H and O–H groups in total. The Hall–Kier alpha value is -0.460. The number of nitrogens with zero attached hydrogens (tertiary/aromatic N) is 3. The minimum Gasteiger partial charge on any atom is -0.258 e. The summed E-state index contributed by atoms with van der Waals surface area (Å²) in [6, 6.07) is 2.96. The summed E-state index contributed by atoms with van der Waals surface area (Å²) < 4.78 is 1.73. The zero-order valence-corrected chi connectivity index (χ0v) is 11.1. The Morgan fingerprint density at radius 3 is 2.93 bits per heavy atom. The summed E-state index contributed by atoms with van der Waals surface area (Å²) in [6.45, 7) is 0. The first-order valence-electron chi connectivity index (χ1n) is 3.82. The zero-order chi connectivity index (χ0) is 11.0. The Morgan fingerprint density at radius 2 is 2.33 bits per heavy atom. The van der Waals surface area contributed by atoms with Crippen molar-refractivity contribution in [1.82, 2.24) is 9.55 Å². The maximum absolute atomic E-state index is 10.6. The standard InChI is InChI=1S/C7H4ClIN3O2P/c8-5-2-6-4(1-7(5)12(13)14)3-11(10-6)15-9/h1-3,15H. The molecule has 0 aliphatic heterocycles. The number of nitro groups is 1. The van der Waals surface area contributed by atoms with Crippen molar-refractivity contribution in [3.8, 4) is 0 Å². The van der Waals surface area contributed by atoms with Crippen LogP contribution in [0.2, 0.25) is 5.02 Å². The third-order valence-corrected chi connectivity index (χ3v) is 4.04. The van der Waals surface area contributed by atoms with Crippen molar-refractivity contribution in [3.05, 3.63) is 33.5 Å². The van der Waals surface area contributed by atoms with E-state index in [0.717, 1.165) is 5.39 Å². The summed E-state index contributed by atoms with van der Waals surface area (Å²) >= 11 is 7.94. The topological polar surface area (TPSA) is 61.0 Å². The molecule has 78 valence electrons. The van der Waals surface area contributed by atoms with E-state index in [4.69, 9.17) is 11.6 Å². The highest BCUT2D eigenvalue weighted by atomic mass is 127. The van der Waals surface area contributed by atoms with Crippen LogP contribution in [0.4, 0.5) is 5.69 Å². The van der Waals surface area contributed by atoms with Gasteiger partial charge in [0.2, 0.25) is 0 Å². The molecule has 1 aromatic heterocycles. The summed E-state index contributed by atoms with van der Waals surface area (Å²) in [7, 11) is 0. The van der Waals surface area contributed by atoms with Gasteiger partial charge in [-0.15, -0.1) is 0 Å². The lowest BCUT2D eigenvalue weighted by atomic mass is 10.2. The van der Waals surface area contributed by atoms with E-state index in [0.29, 0.717) is 11.9 Å². The van der Waals surface area contributed by atoms with Crippen LogP contribution >= 0.6 is 40.0 Å². The summed E-state index contributed by atoms with van der Waals surface area (Å²) in [4.78, 5) is 10.1. The van der Waals surface area contributed by atoms with E-state index >= 15 is 0 Å². The molecule has 2 aromatic rings. The summed E-state index contributed by atoms with van der Waals surface area (Å²) in [5, 5.41) is 15.7. The second-order valence-corrected chi connectivity index (χ2v) is 5.26. The zero-order valence-electron chi connectivity index (χ0n) is 7.15. The second kappa shape index (κ2) is 4.19. The third kappa shape index (κ3) is 2.07. The molecule has 1 atom stereocenters. The first-order valence-corrected chi connectivity index (χ1v) is 8.25. The van der Waals surface area contributed by atoms with Crippen molar-refractivity contribution < 1.29 is 4.92 Å². The summed E-state index contributed by atoms with van der Waals surface area (Å²) in [5.41, 5.74) is 0.593. The lowest BCUT2D eigenvalue weighted by Gasteiger charge is -1.93. The van der Waals surface area contributed by atoms with Gasteiger partial charge in [0.25, 0.3) is 5.69 Å². The average Bonchev–Trinajstić information content (AvgIpc) is 2.58. The van der Waals surface area contributed by atoms with Crippen molar-refractivity contribution in [2.45, 2.75) is 0 Å². The highest BCUT2D eigenvalue weighted by Gasteiger charge is 2.14. The first kappa shape index (κ1) is 11.0. The molecular formula is C7H4ClIN3O2P. The molecule has 0 saturated carbocycles. The minimum absolute atomic E-state index is 0.0829. The Balaban J connectivity index is 2.68. The second-order valence-electron chi connectivity index (χ2n) is 2.78. The molecule has 1 aromatic carbocycles. The van der Waals surface area contributed by atoms with Crippen molar-refractivity contribution in [2.24, 2.45) is 0 Å². The molecule has 1 unspecified atom stereocenters. The molecule has 0 radical (unpaired) electrons. The van der Waals surface area contributed by atoms with Crippen LogP contribution in [-0.2, 0) is 0 Å². The van der Waals surface area contributed by atoms with Gasteiger partial charge in [-0.1, -0.05) is 11.6 Å². The van der Waals surface area contributed by atoms with Crippen molar-refractivity contribution in [2.75, 3.05) is 0 Å². The van der Waals surface area contributed by atoms with Crippen LogP contribution in [0.15, 0.2) is 18.3 Å². The average molecular weight is 355 g/mol. The highest BCUT2D eigenvalue weighted by molar-refractivity contribution is 14.2. The number of fused-ring (bicyclic) bond motifs is 1. The van der Waals surface area contributed by atoms with Crippen LogP contribution in [0.1, 0.15) is 0 Å². The molecule has 8 heteroatoms. The summed E-state index contributed by atoms with van der Waals surface area (Å²) in [6.07, 6.45) is 2.23. The number of aromatic nitrogens is 2. The van der Waals surface area contributed by atoms with Gasteiger partial charge in [0, 0.05) is 17.6 Å². The van der Waals surface area contributed by atoms with Gasteiger partial charge >= 0.3 is 0 Å². The number of hydrogen-bond acceptors (Lipinski definition) is 3. The minimum atomic E-state index is -0.495. The number of hydrogen-bond donors (Lipinski definition) is 0. The molecule has 1 heterocycles. The van der Waals surface area contributed by atoms with Crippen LogP contribution in [0, 0.1) is 10.1 Å². The lowest BCUT2D eigenvalue weighted by Crippen LogP contribution is -1.88. The molecule has 0 amide bonds. The Bertz CT molecular complexity index is 544. The third-order valence-electron chi connectivity index (χ3n) is 1.86. The molecule has 0 bridgehead atoms. The SMILES string of the molecule is O=[N+]([O-])c1cc2cn(PI)nc2cc1Cl. The highest BCUT2D eigenvalue weighted by Crippen LogP contribution is 2.31. The van der Waals surface area contributed by atoms with Crippen molar-refractivity contribution in [3.63, 3.8) is 0 Å². The van der Waals surface area contributed by atoms with Gasteiger partial charge in [-0.25, -0.2) is 4.45 Å². The van der Waals surface area contributed by atoms with Gasteiger partial charge in [0.05, 0.1) is 16.8 Å². The summed E-state index contributed by atoms with van der Waals surface area (Å²) in [5.74, 6) is 0. The predicted molar refractivity (Wildman–Crippen MR) is 69.1 cm³/mol. The normalized spacial score (nSPS) is 11.6. The Kier molecular flexibility index (Phi) is 3.08. The van der Waals surface area contributed by atoms with Crippen molar-refractivity contribution in [1.29, 1.82) is 0 Å². The molecule has 0 fully saturated rings. The van der Waals surface area contributed by atoms with E-state index in [1.54, 1.807) is 10.6 Å². The molecular weight excluding hydrogens is 351 g/mol. The van der Waals surface area contributed by atoms with Crippen LogP contribution in [0.3, 0.4) is 0 Å². The monoisotopic (exact) mass is 355 g/mol. The molecule has 0 saturated heterocycles. The van der Waals surface area contributed by atoms with E-state index in [9.17, 15) is 10.1 Å². The molecule has 0 aliphatic carbocycles. The fourth-order valence-electron chi connectivity index (χ4n) is 1.22. The van der Waals surface area contributed by atoms with Crippen LogP contribution in [-0.4, -0.2) is 14.5 Å². The maximum Gasteiger partial charge on any atom is 0.288 e. The van der Waals surface area contributed by atoms with Gasteiger partial charge in [-0.05, 0) is 28.1 Å². The predicted octanol–water partition coefficient (Wildman–Crippen LogP) is 3.39. The van der Waals surface area contributed by atoms with Crippen LogP contribution in [0.5, 0.6) is 0 Å². The van der Waals surface area contributed by atoms with Gasteiger partial charge in [0.15, 0.2) is 0 Å². The molecule has 0 spiro atoms. The Morgan fingerprint density at radius 1 is 1.60 bits per heavy atom. The number of nitro benzene ring substituents is 1. The van der Waals surface area contributed by atoms with Crippen LogP contribution < -0.4 is 0 Å². The van der Waals surface area contributed by atoms with Gasteiger partial charge in [0.1, 0.15) is 5.02 Å². The number of rotatable bonds is 2.